The lowest BCUT2D eigenvalue weighted by molar-refractivity contribution is 0.0957. The standard InChI is InChI=1S/C12H14N4OS2/c1-7-8(4-10(19-7)12(17)16-14)6-18-9-2-3-11(13)15-5-9/h2-5H,6,14H2,1H3,(H2,13,15)(H,16,17). The fraction of sp³-hybridized carbons (Fsp3) is 0.167. The molecule has 2 aromatic rings. The van der Waals surface area contributed by atoms with E-state index < -0.39 is 0 Å². The third kappa shape index (κ3) is 3.46. The van der Waals surface area contributed by atoms with Gasteiger partial charge in [0.05, 0.1) is 4.88 Å². The molecule has 0 aliphatic carbocycles. The zero-order valence-corrected chi connectivity index (χ0v) is 12.0. The van der Waals surface area contributed by atoms with Crippen molar-refractivity contribution in [1.82, 2.24) is 10.4 Å². The molecule has 19 heavy (non-hydrogen) atoms. The largest absolute Gasteiger partial charge is 0.384 e. The van der Waals surface area contributed by atoms with E-state index >= 15 is 0 Å². The van der Waals surface area contributed by atoms with Gasteiger partial charge in [0.25, 0.3) is 5.91 Å². The van der Waals surface area contributed by atoms with Gasteiger partial charge in [-0.15, -0.1) is 23.1 Å². The Bertz CT molecular complexity index is 580. The van der Waals surface area contributed by atoms with Gasteiger partial charge in [-0.1, -0.05) is 0 Å². The Hall–Kier alpha value is -1.57. The molecule has 1 amide bonds. The molecule has 100 valence electrons. The summed E-state index contributed by atoms with van der Waals surface area (Å²) in [4.78, 5) is 18.3. The molecular formula is C12H14N4OS2. The lowest BCUT2D eigenvalue weighted by atomic mass is 10.3. The number of nitrogens with one attached hydrogen (secondary N) is 1. The second-order valence-corrected chi connectivity index (χ2v) is 6.18. The maximum absolute atomic E-state index is 11.4. The topological polar surface area (TPSA) is 94.0 Å². The minimum absolute atomic E-state index is 0.251. The van der Waals surface area contributed by atoms with Crippen LogP contribution in [0.2, 0.25) is 0 Å². The molecule has 2 heterocycles. The number of nitrogens with zero attached hydrogens (tertiary/aromatic N) is 1. The highest BCUT2D eigenvalue weighted by Crippen LogP contribution is 2.28. The molecule has 0 atom stereocenters. The zero-order chi connectivity index (χ0) is 13.8. The van der Waals surface area contributed by atoms with Crippen molar-refractivity contribution in [3.8, 4) is 0 Å². The van der Waals surface area contributed by atoms with Gasteiger partial charge >= 0.3 is 0 Å². The van der Waals surface area contributed by atoms with Crippen LogP contribution in [0.1, 0.15) is 20.1 Å². The van der Waals surface area contributed by atoms with Crippen LogP contribution >= 0.6 is 23.1 Å². The molecule has 2 aromatic heterocycles. The summed E-state index contributed by atoms with van der Waals surface area (Å²) in [6.45, 7) is 2.00. The van der Waals surface area contributed by atoms with Crippen molar-refractivity contribution < 1.29 is 4.79 Å². The van der Waals surface area contributed by atoms with Crippen LogP contribution in [0.5, 0.6) is 0 Å². The van der Waals surface area contributed by atoms with Crippen LogP contribution in [0.4, 0.5) is 5.82 Å². The van der Waals surface area contributed by atoms with Gasteiger partial charge < -0.3 is 5.73 Å². The average Bonchev–Trinajstić information content (AvgIpc) is 2.79. The van der Waals surface area contributed by atoms with Crippen LogP contribution in [0, 0.1) is 6.92 Å². The molecule has 0 unspecified atom stereocenters. The van der Waals surface area contributed by atoms with Crippen molar-refractivity contribution >= 4 is 34.8 Å². The van der Waals surface area contributed by atoms with E-state index in [4.69, 9.17) is 11.6 Å². The summed E-state index contributed by atoms with van der Waals surface area (Å²) >= 11 is 3.10. The van der Waals surface area contributed by atoms with Gasteiger partial charge in [-0.3, -0.25) is 10.2 Å². The van der Waals surface area contributed by atoms with E-state index in [1.165, 1.54) is 11.3 Å². The van der Waals surface area contributed by atoms with Gasteiger partial charge in [0, 0.05) is 21.7 Å². The fourth-order valence-corrected chi connectivity index (χ4v) is 3.43. The maximum Gasteiger partial charge on any atom is 0.275 e. The van der Waals surface area contributed by atoms with Crippen LogP contribution in [0.15, 0.2) is 29.3 Å². The van der Waals surface area contributed by atoms with Crippen LogP contribution in [0.3, 0.4) is 0 Å². The third-order valence-electron chi connectivity index (χ3n) is 2.53. The number of amides is 1. The van der Waals surface area contributed by atoms with E-state index in [0.717, 1.165) is 21.1 Å². The number of aryl methyl sites for hydroxylation is 1. The SMILES string of the molecule is Cc1sc(C(=O)NN)cc1CSc1ccc(N)nc1. The summed E-state index contributed by atoms with van der Waals surface area (Å²) in [5, 5.41) is 0. The number of aromatic nitrogens is 1. The Morgan fingerprint density at radius 3 is 2.95 bits per heavy atom. The van der Waals surface area contributed by atoms with Crippen molar-refractivity contribution in [2.24, 2.45) is 5.84 Å². The number of pyridine rings is 1. The van der Waals surface area contributed by atoms with Crippen molar-refractivity contribution in [3.05, 3.63) is 39.7 Å². The molecule has 0 saturated heterocycles. The number of carbonyl (C=O) groups excluding carboxylic acids is 1. The summed E-state index contributed by atoms with van der Waals surface area (Å²) < 4.78 is 0. The molecule has 7 heteroatoms. The van der Waals surface area contributed by atoms with Gasteiger partial charge in [-0.05, 0) is 30.7 Å². The molecule has 2 rings (SSSR count). The van der Waals surface area contributed by atoms with Crippen LogP contribution in [-0.2, 0) is 5.75 Å². The van der Waals surface area contributed by atoms with E-state index in [2.05, 4.69) is 10.4 Å². The second-order valence-electron chi connectivity index (χ2n) is 3.87. The minimum atomic E-state index is -0.251. The minimum Gasteiger partial charge on any atom is -0.384 e. The summed E-state index contributed by atoms with van der Waals surface area (Å²) in [7, 11) is 0. The molecule has 0 aliphatic heterocycles. The number of nitrogens with two attached hydrogens (primary N) is 2. The molecule has 0 spiro atoms. The Labute approximate surface area is 119 Å². The summed E-state index contributed by atoms with van der Waals surface area (Å²) in [5.74, 6) is 6.17. The monoisotopic (exact) mass is 294 g/mol. The van der Waals surface area contributed by atoms with Gasteiger partial charge in [0.15, 0.2) is 0 Å². The Morgan fingerprint density at radius 1 is 1.53 bits per heavy atom. The predicted molar refractivity (Wildman–Crippen MR) is 78.9 cm³/mol. The fourth-order valence-electron chi connectivity index (χ4n) is 1.48. The number of anilines is 1. The summed E-state index contributed by atoms with van der Waals surface area (Å²) in [6.07, 6.45) is 1.75. The Kier molecular flexibility index (Phi) is 4.41. The quantitative estimate of drug-likeness (QED) is 0.347. The highest BCUT2D eigenvalue weighted by atomic mass is 32.2. The number of thioether (sulfide) groups is 1. The van der Waals surface area contributed by atoms with Crippen LogP contribution in [0.25, 0.3) is 0 Å². The highest BCUT2D eigenvalue weighted by molar-refractivity contribution is 7.98. The van der Waals surface area contributed by atoms with Crippen molar-refractivity contribution in [2.75, 3.05) is 5.73 Å². The molecule has 0 saturated carbocycles. The average molecular weight is 294 g/mol. The third-order valence-corrected chi connectivity index (χ3v) is 4.65. The molecule has 0 radical (unpaired) electrons. The molecule has 5 N–H and O–H groups in total. The lowest BCUT2D eigenvalue weighted by Crippen LogP contribution is -2.29. The molecule has 0 aliphatic rings. The number of rotatable bonds is 4. The Morgan fingerprint density at radius 2 is 2.32 bits per heavy atom. The van der Waals surface area contributed by atoms with Crippen molar-refractivity contribution in [2.45, 2.75) is 17.6 Å². The molecule has 0 aromatic carbocycles. The van der Waals surface area contributed by atoms with Crippen LogP contribution < -0.4 is 17.0 Å². The van der Waals surface area contributed by atoms with Gasteiger partial charge in [-0.25, -0.2) is 10.8 Å². The Balaban J connectivity index is 2.05. The second kappa shape index (κ2) is 6.05. The number of hydrogen-bond acceptors (Lipinski definition) is 6. The molecule has 0 fully saturated rings. The molecule has 5 nitrogen and oxygen atoms in total. The first-order valence-electron chi connectivity index (χ1n) is 5.54. The van der Waals surface area contributed by atoms with Crippen molar-refractivity contribution in [3.63, 3.8) is 0 Å². The molecule has 0 bridgehead atoms. The first-order chi connectivity index (χ1) is 9.10. The lowest BCUT2D eigenvalue weighted by Gasteiger charge is -2.01. The van der Waals surface area contributed by atoms with E-state index in [9.17, 15) is 4.79 Å². The normalized spacial score (nSPS) is 10.4. The van der Waals surface area contributed by atoms with E-state index in [-0.39, 0.29) is 5.91 Å². The predicted octanol–water partition coefficient (Wildman–Crippen LogP) is 1.93. The number of carbonyl (C=O) groups is 1. The van der Waals surface area contributed by atoms with Crippen LogP contribution in [-0.4, -0.2) is 10.9 Å². The summed E-state index contributed by atoms with van der Waals surface area (Å²) in [6, 6.07) is 5.58. The summed E-state index contributed by atoms with van der Waals surface area (Å²) in [5.41, 5.74) is 8.81. The number of nitrogen functional groups attached to an aromatic ring is 2. The number of thiophene rings is 1. The van der Waals surface area contributed by atoms with Crippen molar-refractivity contribution in [1.29, 1.82) is 0 Å². The number of hydrogen-bond donors (Lipinski definition) is 3. The van der Waals surface area contributed by atoms with E-state index in [0.29, 0.717) is 10.7 Å². The molecular weight excluding hydrogens is 280 g/mol. The maximum atomic E-state index is 11.4. The van der Waals surface area contributed by atoms with Gasteiger partial charge in [0.1, 0.15) is 5.82 Å². The first kappa shape index (κ1) is 13.9. The number of hydrazine groups is 1. The van der Waals surface area contributed by atoms with Gasteiger partial charge in [0.2, 0.25) is 0 Å². The van der Waals surface area contributed by atoms with E-state index in [1.54, 1.807) is 24.0 Å². The highest BCUT2D eigenvalue weighted by Gasteiger charge is 2.11. The zero-order valence-electron chi connectivity index (χ0n) is 10.3. The smallest absolute Gasteiger partial charge is 0.275 e. The van der Waals surface area contributed by atoms with Gasteiger partial charge in [-0.2, -0.15) is 0 Å². The van der Waals surface area contributed by atoms with E-state index in [1.807, 2.05) is 19.1 Å². The first-order valence-corrected chi connectivity index (χ1v) is 7.35.